The summed E-state index contributed by atoms with van der Waals surface area (Å²) in [4.78, 5) is 2.37. The lowest BCUT2D eigenvalue weighted by Gasteiger charge is -2.28. The summed E-state index contributed by atoms with van der Waals surface area (Å²) >= 11 is 0. The molecule has 50 heavy (non-hydrogen) atoms. The summed E-state index contributed by atoms with van der Waals surface area (Å²) in [6.07, 6.45) is 0. The van der Waals surface area contributed by atoms with Crippen LogP contribution in [0.1, 0.15) is 0 Å². The van der Waals surface area contributed by atoms with Crippen LogP contribution in [0, 0.1) is 0 Å². The molecule has 0 fully saturated rings. The first-order valence-electron chi connectivity index (χ1n) is 17.1. The minimum Gasteiger partial charge on any atom is -0.310 e. The van der Waals surface area contributed by atoms with Crippen LogP contribution >= 0.6 is 0 Å². The molecule has 0 spiro atoms. The number of rotatable bonds is 7. The average Bonchev–Trinajstić information content (AvgIpc) is 3.53. The van der Waals surface area contributed by atoms with E-state index in [4.69, 9.17) is 0 Å². The Morgan fingerprint density at radius 2 is 0.860 bits per heavy atom. The van der Waals surface area contributed by atoms with Crippen molar-refractivity contribution >= 4 is 38.9 Å². The maximum absolute atomic E-state index is 2.40. The summed E-state index contributed by atoms with van der Waals surface area (Å²) in [6.45, 7) is 0. The van der Waals surface area contributed by atoms with Crippen molar-refractivity contribution in [1.29, 1.82) is 0 Å². The Labute approximate surface area is 292 Å². The smallest absolute Gasteiger partial charge is 0.0541 e. The van der Waals surface area contributed by atoms with Crippen molar-refractivity contribution in [3.05, 3.63) is 206 Å². The fourth-order valence-corrected chi connectivity index (χ4v) is 7.22. The van der Waals surface area contributed by atoms with Crippen LogP contribution in [0.4, 0.5) is 17.1 Å². The number of hydrogen-bond donors (Lipinski definition) is 0. The number of para-hydroxylation sites is 3. The van der Waals surface area contributed by atoms with Gasteiger partial charge in [-0.2, -0.15) is 0 Å². The van der Waals surface area contributed by atoms with Gasteiger partial charge >= 0.3 is 0 Å². The minimum atomic E-state index is 1.11. The number of nitrogens with zero attached hydrogens (tertiary/aromatic N) is 2. The maximum Gasteiger partial charge on any atom is 0.0541 e. The topological polar surface area (TPSA) is 8.17 Å². The van der Waals surface area contributed by atoms with Crippen LogP contribution in [0.15, 0.2) is 206 Å². The van der Waals surface area contributed by atoms with Crippen LogP contribution in [0.2, 0.25) is 0 Å². The van der Waals surface area contributed by atoms with Crippen LogP contribution in [0.3, 0.4) is 0 Å². The van der Waals surface area contributed by atoms with E-state index in [-0.39, 0.29) is 0 Å². The molecule has 0 aliphatic heterocycles. The van der Waals surface area contributed by atoms with E-state index in [1.807, 2.05) is 0 Å². The van der Waals surface area contributed by atoms with Gasteiger partial charge in [-0.3, -0.25) is 0 Å². The van der Waals surface area contributed by atoms with Gasteiger partial charge in [0.05, 0.1) is 16.7 Å². The van der Waals surface area contributed by atoms with Crippen LogP contribution in [0.25, 0.3) is 60.9 Å². The molecule has 0 unspecified atom stereocenters. The summed E-state index contributed by atoms with van der Waals surface area (Å²) in [5.41, 5.74) is 14.1. The first-order valence-corrected chi connectivity index (χ1v) is 17.1. The Morgan fingerprint density at radius 1 is 0.320 bits per heavy atom. The minimum absolute atomic E-state index is 1.11. The van der Waals surface area contributed by atoms with E-state index in [0.717, 1.165) is 22.7 Å². The van der Waals surface area contributed by atoms with E-state index in [0.29, 0.717) is 0 Å². The Bertz CT molecular complexity index is 2570. The molecule has 0 aliphatic carbocycles. The van der Waals surface area contributed by atoms with Gasteiger partial charge in [0, 0.05) is 33.4 Å². The molecule has 9 rings (SSSR count). The van der Waals surface area contributed by atoms with Gasteiger partial charge in [0.15, 0.2) is 0 Å². The number of fused-ring (bicyclic) bond motifs is 3. The molecule has 1 aromatic heterocycles. The van der Waals surface area contributed by atoms with Crippen molar-refractivity contribution in [2.45, 2.75) is 0 Å². The Kier molecular flexibility index (Phi) is 7.53. The van der Waals surface area contributed by atoms with Crippen LogP contribution in [0.5, 0.6) is 0 Å². The SMILES string of the molecule is c1ccc(-c2ccc(N(c3ccccc3)c3ccccc3-c3ccc4c(c3)c3ccccc3n4-c3cccc(-c4ccccc4)c3)cc2)cc1. The summed E-state index contributed by atoms with van der Waals surface area (Å²) < 4.78 is 2.40. The molecular weight excluding hydrogens is 605 g/mol. The summed E-state index contributed by atoms with van der Waals surface area (Å²) in [7, 11) is 0. The Morgan fingerprint density at radius 3 is 1.62 bits per heavy atom. The quantitative estimate of drug-likeness (QED) is 0.169. The zero-order chi connectivity index (χ0) is 33.3. The maximum atomic E-state index is 2.40. The normalized spacial score (nSPS) is 11.2. The third kappa shape index (κ3) is 5.34. The molecule has 0 N–H and O–H groups in total. The van der Waals surface area contributed by atoms with Gasteiger partial charge in [-0.05, 0) is 88.5 Å². The highest BCUT2D eigenvalue weighted by atomic mass is 15.1. The van der Waals surface area contributed by atoms with Crippen LogP contribution < -0.4 is 4.90 Å². The van der Waals surface area contributed by atoms with Gasteiger partial charge in [-0.1, -0.05) is 146 Å². The van der Waals surface area contributed by atoms with Gasteiger partial charge < -0.3 is 9.47 Å². The van der Waals surface area contributed by atoms with Crippen LogP contribution in [-0.4, -0.2) is 4.57 Å². The molecule has 0 radical (unpaired) electrons. The van der Waals surface area contributed by atoms with Crippen molar-refractivity contribution in [1.82, 2.24) is 4.57 Å². The highest BCUT2D eigenvalue weighted by molar-refractivity contribution is 6.11. The standard InChI is InChI=1S/C48H34N2/c1-4-15-35(16-5-1)37-27-30-41(31-28-37)49(40-20-8-3-9-21-40)46-25-12-10-23-43(46)39-29-32-48-45(34-39)44-24-11-13-26-47(44)50(48)42-22-14-19-38(33-42)36-17-6-2-7-18-36/h1-34H. The Balaban J connectivity index is 1.19. The van der Waals surface area contributed by atoms with Gasteiger partial charge in [0.25, 0.3) is 0 Å². The van der Waals surface area contributed by atoms with E-state index >= 15 is 0 Å². The molecule has 2 nitrogen and oxygen atoms in total. The first kappa shape index (κ1) is 29.5. The number of benzene rings is 8. The van der Waals surface area contributed by atoms with Crippen molar-refractivity contribution in [2.75, 3.05) is 4.90 Å². The number of anilines is 3. The van der Waals surface area contributed by atoms with E-state index < -0.39 is 0 Å². The second-order valence-corrected chi connectivity index (χ2v) is 12.6. The zero-order valence-corrected chi connectivity index (χ0v) is 27.5. The predicted octanol–water partition coefficient (Wildman–Crippen LogP) is 13.3. The van der Waals surface area contributed by atoms with Crippen molar-refractivity contribution in [3.63, 3.8) is 0 Å². The summed E-state index contributed by atoms with van der Waals surface area (Å²) in [6, 6.07) is 74.0. The Hall–Kier alpha value is -6.64. The molecule has 2 heteroatoms. The van der Waals surface area contributed by atoms with E-state index in [2.05, 4.69) is 216 Å². The second kappa shape index (κ2) is 12.8. The van der Waals surface area contributed by atoms with Gasteiger partial charge in [-0.15, -0.1) is 0 Å². The summed E-state index contributed by atoms with van der Waals surface area (Å²) in [5, 5.41) is 2.47. The number of hydrogen-bond acceptors (Lipinski definition) is 1. The highest BCUT2D eigenvalue weighted by Gasteiger charge is 2.19. The van der Waals surface area contributed by atoms with E-state index in [1.54, 1.807) is 0 Å². The monoisotopic (exact) mass is 638 g/mol. The molecule has 0 amide bonds. The third-order valence-corrected chi connectivity index (χ3v) is 9.59. The van der Waals surface area contributed by atoms with E-state index in [9.17, 15) is 0 Å². The predicted molar refractivity (Wildman–Crippen MR) is 212 cm³/mol. The largest absolute Gasteiger partial charge is 0.310 e. The lowest BCUT2D eigenvalue weighted by atomic mass is 9.99. The molecule has 8 aromatic carbocycles. The van der Waals surface area contributed by atoms with Gasteiger partial charge in [0.2, 0.25) is 0 Å². The van der Waals surface area contributed by atoms with E-state index in [1.165, 1.54) is 55.2 Å². The molecule has 9 aromatic rings. The van der Waals surface area contributed by atoms with Crippen molar-refractivity contribution in [2.24, 2.45) is 0 Å². The molecule has 0 saturated carbocycles. The fraction of sp³-hybridized carbons (Fsp3) is 0. The van der Waals surface area contributed by atoms with Crippen molar-refractivity contribution < 1.29 is 0 Å². The molecule has 236 valence electrons. The molecule has 0 saturated heterocycles. The molecule has 0 bridgehead atoms. The first-order chi connectivity index (χ1) is 24.8. The molecular formula is C48H34N2. The molecule has 1 heterocycles. The lowest BCUT2D eigenvalue weighted by molar-refractivity contribution is 1.18. The average molecular weight is 639 g/mol. The molecule has 0 aliphatic rings. The zero-order valence-electron chi connectivity index (χ0n) is 27.5. The van der Waals surface area contributed by atoms with Gasteiger partial charge in [-0.25, -0.2) is 0 Å². The highest BCUT2D eigenvalue weighted by Crippen LogP contribution is 2.43. The lowest BCUT2D eigenvalue weighted by Crippen LogP contribution is -2.11. The van der Waals surface area contributed by atoms with Crippen molar-refractivity contribution in [3.8, 4) is 39.1 Å². The van der Waals surface area contributed by atoms with Gasteiger partial charge in [0.1, 0.15) is 0 Å². The molecule has 0 atom stereocenters. The third-order valence-electron chi connectivity index (χ3n) is 9.59. The fourth-order valence-electron chi connectivity index (χ4n) is 7.22. The van der Waals surface area contributed by atoms with Crippen LogP contribution in [-0.2, 0) is 0 Å². The summed E-state index contributed by atoms with van der Waals surface area (Å²) in [5.74, 6) is 0. The number of aromatic nitrogens is 1. The second-order valence-electron chi connectivity index (χ2n) is 12.6.